The number of rotatable bonds is 6. The summed E-state index contributed by atoms with van der Waals surface area (Å²) in [6.07, 6.45) is 6.39. The van der Waals surface area contributed by atoms with Crippen LogP contribution < -0.4 is 16.2 Å². The van der Waals surface area contributed by atoms with E-state index >= 15 is 0 Å². The van der Waals surface area contributed by atoms with E-state index < -0.39 is 10.0 Å². The Morgan fingerprint density at radius 3 is 2.62 bits per heavy atom. The van der Waals surface area contributed by atoms with Gasteiger partial charge in [0.05, 0.1) is 29.0 Å². The Balaban J connectivity index is 1.85. The largest absolute Gasteiger partial charge is 0.397 e. The van der Waals surface area contributed by atoms with Crippen molar-refractivity contribution in [3.8, 4) is 0 Å². The molecule has 1 aromatic carbocycles. The van der Waals surface area contributed by atoms with Crippen LogP contribution in [0.25, 0.3) is 0 Å². The summed E-state index contributed by atoms with van der Waals surface area (Å²) in [6, 6.07) is 4.38. The van der Waals surface area contributed by atoms with Gasteiger partial charge in [-0.25, -0.2) is 13.6 Å². The highest BCUT2D eigenvalue weighted by Crippen LogP contribution is 2.22. The molecular formula is C14H23N3O3S. The van der Waals surface area contributed by atoms with E-state index in [9.17, 15) is 8.42 Å². The molecular weight excluding hydrogens is 290 g/mol. The molecule has 5 N–H and O–H groups in total. The molecule has 0 aromatic heterocycles. The summed E-state index contributed by atoms with van der Waals surface area (Å²) in [5, 5.41) is 8.20. The molecule has 21 heavy (non-hydrogen) atoms. The van der Waals surface area contributed by atoms with Gasteiger partial charge in [-0.1, -0.05) is 19.3 Å². The van der Waals surface area contributed by atoms with E-state index in [2.05, 4.69) is 5.32 Å². The molecule has 0 radical (unpaired) electrons. The standard InChI is InChI=1S/C14H23N3O3S/c15-13-7-6-12(21(16,18)19)10-14(13)17-8-9-20-11-4-2-1-3-5-11/h6-7,10-11,17H,1-5,8-9,15H2,(H2,16,18,19). The number of primary sulfonamides is 1. The van der Waals surface area contributed by atoms with Gasteiger partial charge in [0.1, 0.15) is 0 Å². The summed E-state index contributed by atoms with van der Waals surface area (Å²) in [7, 11) is -3.72. The number of nitrogens with two attached hydrogens (primary N) is 2. The summed E-state index contributed by atoms with van der Waals surface area (Å²) in [4.78, 5) is 0.0485. The van der Waals surface area contributed by atoms with E-state index in [0.717, 1.165) is 12.8 Å². The lowest BCUT2D eigenvalue weighted by Gasteiger charge is -2.22. The van der Waals surface area contributed by atoms with Gasteiger partial charge in [-0.05, 0) is 31.0 Å². The van der Waals surface area contributed by atoms with E-state index in [-0.39, 0.29) is 4.90 Å². The number of hydrogen-bond acceptors (Lipinski definition) is 5. The molecule has 0 unspecified atom stereocenters. The summed E-state index contributed by atoms with van der Waals surface area (Å²) in [5.74, 6) is 0. The maximum atomic E-state index is 11.3. The minimum Gasteiger partial charge on any atom is -0.397 e. The van der Waals surface area contributed by atoms with Crippen LogP contribution in [-0.2, 0) is 14.8 Å². The molecule has 1 fully saturated rings. The summed E-state index contributed by atoms with van der Waals surface area (Å²) in [6.45, 7) is 1.15. The SMILES string of the molecule is Nc1ccc(S(N)(=O)=O)cc1NCCOC1CCCCC1. The second kappa shape index (κ2) is 7.11. The molecule has 0 bridgehead atoms. The Kier molecular flexibility index (Phi) is 5.44. The predicted octanol–water partition coefficient (Wildman–Crippen LogP) is 1.68. The van der Waals surface area contributed by atoms with Gasteiger partial charge < -0.3 is 15.8 Å². The number of benzene rings is 1. The summed E-state index contributed by atoms with van der Waals surface area (Å²) >= 11 is 0. The minimum atomic E-state index is -3.72. The van der Waals surface area contributed by atoms with Crippen molar-refractivity contribution in [1.82, 2.24) is 0 Å². The number of nitrogens with one attached hydrogen (secondary N) is 1. The van der Waals surface area contributed by atoms with Crippen molar-refractivity contribution in [2.24, 2.45) is 5.14 Å². The third-order valence-electron chi connectivity index (χ3n) is 3.68. The van der Waals surface area contributed by atoms with E-state index in [1.807, 2.05) is 0 Å². The van der Waals surface area contributed by atoms with Crippen LogP contribution in [0.15, 0.2) is 23.1 Å². The maximum Gasteiger partial charge on any atom is 0.238 e. The van der Waals surface area contributed by atoms with Crippen LogP contribution in [0.5, 0.6) is 0 Å². The van der Waals surface area contributed by atoms with E-state index in [4.69, 9.17) is 15.6 Å². The molecule has 1 aliphatic rings. The first-order valence-electron chi connectivity index (χ1n) is 7.24. The van der Waals surface area contributed by atoms with Crippen molar-refractivity contribution in [2.75, 3.05) is 24.2 Å². The molecule has 0 spiro atoms. The number of anilines is 2. The van der Waals surface area contributed by atoms with Gasteiger partial charge in [-0.15, -0.1) is 0 Å². The molecule has 1 aromatic rings. The smallest absolute Gasteiger partial charge is 0.238 e. The van der Waals surface area contributed by atoms with Crippen LogP contribution in [0.1, 0.15) is 32.1 Å². The predicted molar refractivity (Wildman–Crippen MR) is 83.5 cm³/mol. The number of sulfonamides is 1. The molecule has 1 saturated carbocycles. The quantitative estimate of drug-likeness (QED) is 0.547. The fourth-order valence-electron chi connectivity index (χ4n) is 2.51. The van der Waals surface area contributed by atoms with Gasteiger partial charge in [0.2, 0.25) is 10.0 Å². The molecule has 1 aliphatic carbocycles. The van der Waals surface area contributed by atoms with Crippen molar-refractivity contribution >= 4 is 21.4 Å². The first-order chi connectivity index (χ1) is 9.97. The second-order valence-electron chi connectivity index (χ2n) is 5.35. The molecule has 2 rings (SSSR count). The highest BCUT2D eigenvalue weighted by atomic mass is 32.2. The lowest BCUT2D eigenvalue weighted by Crippen LogP contribution is -2.21. The summed E-state index contributed by atoms with van der Waals surface area (Å²) in [5.41, 5.74) is 6.87. The zero-order chi connectivity index (χ0) is 15.3. The van der Waals surface area contributed by atoms with Crippen molar-refractivity contribution < 1.29 is 13.2 Å². The van der Waals surface area contributed by atoms with Crippen LogP contribution in [-0.4, -0.2) is 27.7 Å². The monoisotopic (exact) mass is 313 g/mol. The number of hydrogen-bond donors (Lipinski definition) is 3. The zero-order valence-corrected chi connectivity index (χ0v) is 12.9. The normalized spacial score (nSPS) is 16.8. The topological polar surface area (TPSA) is 107 Å². The van der Waals surface area contributed by atoms with Crippen molar-refractivity contribution in [1.29, 1.82) is 0 Å². The molecule has 118 valence electrons. The van der Waals surface area contributed by atoms with Crippen LogP contribution >= 0.6 is 0 Å². The van der Waals surface area contributed by atoms with Gasteiger partial charge in [0.25, 0.3) is 0 Å². The van der Waals surface area contributed by atoms with Crippen molar-refractivity contribution in [3.63, 3.8) is 0 Å². The maximum absolute atomic E-state index is 11.3. The fourth-order valence-corrected chi connectivity index (χ4v) is 3.05. The third-order valence-corrected chi connectivity index (χ3v) is 4.59. The van der Waals surface area contributed by atoms with Crippen LogP contribution in [0.3, 0.4) is 0 Å². The first kappa shape index (κ1) is 16.1. The van der Waals surface area contributed by atoms with Gasteiger partial charge in [-0.2, -0.15) is 0 Å². The van der Waals surface area contributed by atoms with Crippen molar-refractivity contribution in [3.05, 3.63) is 18.2 Å². The summed E-state index contributed by atoms with van der Waals surface area (Å²) < 4.78 is 28.4. The molecule has 0 aliphatic heterocycles. The molecule has 0 amide bonds. The second-order valence-corrected chi connectivity index (χ2v) is 6.91. The van der Waals surface area contributed by atoms with Crippen LogP contribution in [0, 0.1) is 0 Å². The Morgan fingerprint density at radius 2 is 1.95 bits per heavy atom. The molecule has 0 heterocycles. The molecule has 6 nitrogen and oxygen atoms in total. The zero-order valence-electron chi connectivity index (χ0n) is 12.0. The number of ether oxygens (including phenoxy) is 1. The Bertz CT molecular complexity index is 569. The Labute approximate surface area is 125 Å². The Hall–Kier alpha value is -1.31. The molecule has 7 heteroatoms. The molecule has 0 atom stereocenters. The first-order valence-corrected chi connectivity index (χ1v) is 8.79. The van der Waals surface area contributed by atoms with Crippen LogP contribution in [0.2, 0.25) is 0 Å². The van der Waals surface area contributed by atoms with Gasteiger partial charge in [0.15, 0.2) is 0 Å². The third kappa shape index (κ3) is 4.87. The fraction of sp³-hybridized carbons (Fsp3) is 0.571. The lowest BCUT2D eigenvalue weighted by atomic mass is 9.98. The van der Waals surface area contributed by atoms with Crippen LogP contribution in [0.4, 0.5) is 11.4 Å². The number of nitrogen functional groups attached to an aromatic ring is 1. The lowest BCUT2D eigenvalue weighted by molar-refractivity contribution is 0.0347. The van der Waals surface area contributed by atoms with Gasteiger partial charge >= 0.3 is 0 Å². The van der Waals surface area contributed by atoms with E-state index in [0.29, 0.717) is 30.6 Å². The highest BCUT2D eigenvalue weighted by Gasteiger charge is 2.13. The molecule has 0 saturated heterocycles. The highest BCUT2D eigenvalue weighted by molar-refractivity contribution is 7.89. The van der Waals surface area contributed by atoms with Gasteiger partial charge in [0, 0.05) is 6.54 Å². The average Bonchev–Trinajstić information content (AvgIpc) is 2.45. The van der Waals surface area contributed by atoms with E-state index in [1.165, 1.54) is 37.5 Å². The average molecular weight is 313 g/mol. The van der Waals surface area contributed by atoms with Gasteiger partial charge in [-0.3, -0.25) is 0 Å². The van der Waals surface area contributed by atoms with E-state index in [1.54, 1.807) is 0 Å². The minimum absolute atomic E-state index is 0.0485. The van der Waals surface area contributed by atoms with Crippen molar-refractivity contribution in [2.45, 2.75) is 43.1 Å². The Morgan fingerprint density at radius 1 is 1.24 bits per heavy atom.